The molecule has 0 saturated heterocycles. The summed E-state index contributed by atoms with van der Waals surface area (Å²) in [5.41, 5.74) is 2.75. The number of nitrogens with one attached hydrogen (secondary N) is 1. The molecule has 0 spiro atoms. The normalized spacial score (nSPS) is 10.1. The van der Waals surface area contributed by atoms with Gasteiger partial charge in [0.05, 0.1) is 0 Å². The molecule has 0 atom stereocenters. The molecule has 1 aromatic rings. The molecule has 0 unspecified atom stereocenters. The molecule has 0 saturated carbocycles. The Labute approximate surface area is 118 Å². The van der Waals surface area contributed by atoms with Crippen molar-refractivity contribution < 1.29 is 4.74 Å². The van der Waals surface area contributed by atoms with Gasteiger partial charge in [-0.1, -0.05) is 37.6 Å². The molecule has 0 radical (unpaired) electrons. The van der Waals surface area contributed by atoms with E-state index in [9.17, 15) is 0 Å². The van der Waals surface area contributed by atoms with Crippen molar-refractivity contribution in [3.05, 3.63) is 35.4 Å². The van der Waals surface area contributed by atoms with Crippen LogP contribution in [0.15, 0.2) is 24.3 Å². The van der Waals surface area contributed by atoms with Crippen molar-refractivity contribution >= 4 is 12.4 Å². The number of halogens is 1. The van der Waals surface area contributed by atoms with E-state index < -0.39 is 0 Å². The molecule has 0 heterocycles. The van der Waals surface area contributed by atoms with Gasteiger partial charge in [0.2, 0.25) is 0 Å². The minimum Gasteiger partial charge on any atom is -0.381 e. The van der Waals surface area contributed by atoms with Gasteiger partial charge >= 0.3 is 0 Å². The molecular formula is C15H26ClNO. The number of ether oxygens (including phenoxy) is 1. The lowest BCUT2D eigenvalue weighted by atomic mass is 10.1. The second-order valence-corrected chi connectivity index (χ2v) is 4.42. The van der Waals surface area contributed by atoms with E-state index in [0.717, 1.165) is 32.7 Å². The van der Waals surface area contributed by atoms with Crippen LogP contribution in [0.3, 0.4) is 0 Å². The van der Waals surface area contributed by atoms with E-state index in [1.54, 1.807) is 0 Å². The van der Waals surface area contributed by atoms with Gasteiger partial charge in [0.15, 0.2) is 0 Å². The number of unbranched alkanes of at least 4 members (excludes halogenated alkanes) is 1. The van der Waals surface area contributed by atoms with E-state index in [1.807, 2.05) is 0 Å². The Morgan fingerprint density at radius 3 is 2.56 bits per heavy atom. The highest BCUT2D eigenvalue weighted by Gasteiger charge is 1.95. The summed E-state index contributed by atoms with van der Waals surface area (Å²) in [4.78, 5) is 0. The molecule has 0 fully saturated rings. The van der Waals surface area contributed by atoms with Crippen LogP contribution in [0, 0.1) is 6.92 Å². The van der Waals surface area contributed by atoms with E-state index in [1.165, 1.54) is 24.0 Å². The third-order valence-corrected chi connectivity index (χ3v) is 2.86. The summed E-state index contributed by atoms with van der Waals surface area (Å²) in [6.45, 7) is 8.12. The van der Waals surface area contributed by atoms with E-state index in [4.69, 9.17) is 4.74 Å². The number of rotatable bonds is 9. The van der Waals surface area contributed by atoms with Gasteiger partial charge in [0, 0.05) is 19.8 Å². The van der Waals surface area contributed by atoms with E-state index in [2.05, 4.69) is 43.4 Å². The predicted molar refractivity (Wildman–Crippen MR) is 80.5 cm³/mol. The summed E-state index contributed by atoms with van der Waals surface area (Å²) in [5, 5.41) is 3.45. The van der Waals surface area contributed by atoms with Crippen molar-refractivity contribution in [3.8, 4) is 0 Å². The maximum Gasteiger partial charge on any atom is 0.0478 e. The first-order valence-corrected chi connectivity index (χ1v) is 6.67. The van der Waals surface area contributed by atoms with Crippen LogP contribution in [0.5, 0.6) is 0 Å². The predicted octanol–water partition coefficient (Wildman–Crippen LogP) is 3.71. The summed E-state index contributed by atoms with van der Waals surface area (Å²) >= 11 is 0. The van der Waals surface area contributed by atoms with Crippen molar-refractivity contribution in [3.63, 3.8) is 0 Å². The SMILES string of the molecule is CCCCOCCCNCc1ccccc1C.Cl. The number of benzene rings is 1. The Morgan fingerprint density at radius 2 is 1.83 bits per heavy atom. The number of hydrogen-bond donors (Lipinski definition) is 1. The zero-order valence-corrected chi connectivity index (χ0v) is 12.4. The van der Waals surface area contributed by atoms with Crippen LogP contribution >= 0.6 is 12.4 Å². The monoisotopic (exact) mass is 271 g/mol. The fraction of sp³-hybridized carbons (Fsp3) is 0.600. The van der Waals surface area contributed by atoms with Crippen LogP contribution in [0.1, 0.15) is 37.3 Å². The van der Waals surface area contributed by atoms with Crippen molar-refractivity contribution in [2.24, 2.45) is 0 Å². The van der Waals surface area contributed by atoms with Gasteiger partial charge in [0.25, 0.3) is 0 Å². The molecule has 18 heavy (non-hydrogen) atoms. The fourth-order valence-electron chi connectivity index (χ4n) is 1.68. The van der Waals surface area contributed by atoms with E-state index >= 15 is 0 Å². The van der Waals surface area contributed by atoms with Gasteiger partial charge in [0.1, 0.15) is 0 Å². The largest absolute Gasteiger partial charge is 0.381 e. The maximum atomic E-state index is 5.51. The number of aryl methyl sites for hydroxylation is 1. The molecule has 0 aliphatic heterocycles. The summed E-state index contributed by atoms with van der Waals surface area (Å²) in [6, 6.07) is 8.52. The highest BCUT2D eigenvalue weighted by Crippen LogP contribution is 2.05. The second-order valence-electron chi connectivity index (χ2n) is 4.42. The Bertz CT molecular complexity index is 304. The van der Waals surface area contributed by atoms with Gasteiger partial charge in [-0.15, -0.1) is 12.4 Å². The Kier molecular flexibility index (Phi) is 11.2. The summed E-state index contributed by atoms with van der Waals surface area (Å²) in [6.07, 6.45) is 3.48. The Hall–Kier alpha value is -0.570. The molecule has 0 aromatic heterocycles. The average molecular weight is 272 g/mol. The lowest BCUT2D eigenvalue weighted by Gasteiger charge is -2.07. The van der Waals surface area contributed by atoms with E-state index in [0.29, 0.717) is 0 Å². The molecule has 1 aromatic carbocycles. The lowest BCUT2D eigenvalue weighted by molar-refractivity contribution is 0.129. The second kappa shape index (κ2) is 11.5. The Balaban J connectivity index is 0.00000289. The Morgan fingerprint density at radius 1 is 1.11 bits per heavy atom. The zero-order chi connectivity index (χ0) is 12.3. The molecule has 0 aliphatic carbocycles. The minimum atomic E-state index is 0. The van der Waals surface area contributed by atoms with Crippen molar-refractivity contribution in [2.45, 2.75) is 39.7 Å². The first-order chi connectivity index (χ1) is 8.34. The molecule has 1 N–H and O–H groups in total. The molecule has 2 nitrogen and oxygen atoms in total. The molecular weight excluding hydrogens is 246 g/mol. The van der Waals surface area contributed by atoms with Crippen LogP contribution in [0.2, 0.25) is 0 Å². The van der Waals surface area contributed by atoms with Gasteiger partial charge in [-0.25, -0.2) is 0 Å². The quantitative estimate of drug-likeness (QED) is 0.692. The fourth-order valence-corrected chi connectivity index (χ4v) is 1.68. The minimum absolute atomic E-state index is 0. The smallest absolute Gasteiger partial charge is 0.0478 e. The lowest BCUT2D eigenvalue weighted by Crippen LogP contribution is -2.17. The third kappa shape index (κ3) is 7.70. The number of hydrogen-bond acceptors (Lipinski definition) is 2. The van der Waals surface area contributed by atoms with Crippen molar-refractivity contribution in [1.82, 2.24) is 5.32 Å². The van der Waals surface area contributed by atoms with Gasteiger partial charge in [-0.3, -0.25) is 0 Å². The zero-order valence-electron chi connectivity index (χ0n) is 11.6. The highest BCUT2D eigenvalue weighted by molar-refractivity contribution is 5.85. The summed E-state index contributed by atoms with van der Waals surface area (Å²) in [7, 11) is 0. The average Bonchev–Trinajstić information content (AvgIpc) is 2.35. The topological polar surface area (TPSA) is 21.3 Å². The third-order valence-electron chi connectivity index (χ3n) is 2.86. The summed E-state index contributed by atoms with van der Waals surface area (Å²) in [5.74, 6) is 0. The van der Waals surface area contributed by atoms with Crippen LogP contribution < -0.4 is 5.32 Å². The molecule has 0 amide bonds. The van der Waals surface area contributed by atoms with Crippen molar-refractivity contribution in [1.29, 1.82) is 0 Å². The highest BCUT2D eigenvalue weighted by atomic mass is 35.5. The van der Waals surface area contributed by atoms with Gasteiger partial charge in [-0.2, -0.15) is 0 Å². The molecule has 0 bridgehead atoms. The molecule has 3 heteroatoms. The summed E-state index contributed by atoms with van der Waals surface area (Å²) < 4.78 is 5.51. The first-order valence-electron chi connectivity index (χ1n) is 6.67. The van der Waals surface area contributed by atoms with Gasteiger partial charge < -0.3 is 10.1 Å². The van der Waals surface area contributed by atoms with Crippen molar-refractivity contribution in [2.75, 3.05) is 19.8 Å². The maximum absolute atomic E-state index is 5.51. The van der Waals surface area contributed by atoms with E-state index in [-0.39, 0.29) is 12.4 Å². The van der Waals surface area contributed by atoms with Gasteiger partial charge in [-0.05, 0) is 37.4 Å². The standard InChI is InChI=1S/C15H25NO.ClH/c1-3-4-11-17-12-7-10-16-13-15-9-6-5-8-14(15)2;/h5-6,8-9,16H,3-4,7,10-13H2,1-2H3;1H. The van der Waals surface area contributed by atoms with Crippen LogP contribution in [0.25, 0.3) is 0 Å². The van der Waals surface area contributed by atoms with Crippen LogP contribution in [-0.4, -0.2) is 19.8 Å². The van der Waals surface area contributed by atoms with Crippen LogP contribution in [0.4, 0.5) is 0 Å². The van der Waals surface area contributed by atoms with Crippen LogP contribution in [-0.2, 0) is 11.3 Å². The molecule has 1 rings (SSSR count). The first kappa shape index (κ1) is 17.4. The molecule has 0 aliphatic rings. The molecule has 104 valence electrons.